The summed E-state index contributed by atoms with van der Waals surface area (Å²) in [6, 6.07) is 6.39. The molecule has 0 saturated carbocycles. The van der Waals surface area contributed by atoms with Crippen LogP contribution in [0.15, 0.2) is 42.0 Å². The number of rotatable bonds is 4. The molecule has 2 heterocycles. The van der Waals surface area contributed by atoms with Gasteiger partial charge in [0.05, 0.1) is 12.2 Å². The fourth-order valence-electron chi connectivity index (χ4n) is 1.75. The van der Waals surface area contributed by atoms with Gasteiger partial charge in [-0.1, -0.05) is 0 Å². The third-order valence-corrected chi connectivity index (χ3v) is 3.59. The summed E-state index contributed by atoms with van der Waals surface area (Å²) in [6.45, 7) is 0.495. The van der Waals surface area contributed by atoms with Crippen molar-refractivity contribution in [3.05, 3.63) is 47.9 Å². The van der Waals surface area contributed by atoms with Crippen LogP contribution in [0.5, 0.6) is 11.5 Å². The van der Waals surface area contributed by atoms with E-state index in [1.165, 1.54) is 23.5 Å². The first kappa shape index (κ1) is 13.3. The van der Waals surface area contributed by atoms with Gasteiger partial charge in [-0.2, -0.15) is 0 Å². The summed E-state index contributed by atoms with van der Waals surface area (Å²) in [5.41, 5.74) is 1.47. The Kier molecular flexibility index (Phi) is 3.65. The standard InChI is InChI=1S/C14H12N4O2S/c19-11-3-2-9(6-12(11)20)10-8-21-14(18-10)17-7-13-15-4-1-5-16-13/h1-6,8,19-20H,7H2,(H,17,18). The number of hydrogen-bond acceptors (Lipinski definition) is 7. The van der Waals surface area contributed by atoms with Crippen LogP contribution < -0.4 is 5.32 Å². The molecule has 6 nitrogen and oxygen atoms in total. The van der Waals surface area contributed by atoms with Crippen molar-refractivity contribution in [2.24, 2.45) is 0 Å². The maximum absolute atomic E-state index is 9.51. The Balaban J connectivity index is 1.72. The molecule has 0 bridgehead atoms. The number of thiazole rings is 1. The van der Waals surface area contributed by atoms with E-state index in [1.807, 2.05) is 5.38 Å². The van der Waals surface area contributed by atoms with Crippen LogP contribution in [0.2, 0.25) is 0 Å². The van der Waals surface area contributed by atoms with Gasteiger partial charge in [-0.05, 0) is 24.3 Å². The third kappa shape index (κ3) is 3.09. The highest BCUT2D eigenvalue weighted by molar-refractivity contribution is 7.14. The molecule has 0 aliphatic carbocycles. The third-order valence-electron chi connectivity index (χ3n) is 2.79. The van der Waals surface area contributed by atoms with Gasteiger partial charge in [0, 0.05) is 23.3 Å². The molecule has 0 aliphatic heterocycles. The van der Waals surface area contributed by atoms with Gasteiger partial charge in [0.2, 0.25) is 0 Å². The van der Waals surface area contributed by atoms with Gasteiger partial charge in [-0.25, -0.2) is 15.0 Å². The summed E-state index contributed by atoms with van der Waals surface area (Å²) in [5.74, 6) is 0.387. The van der Waals surface area contributed by atoms with Crippen LogP contribution in [0.4, 0.5) is 5.13 Å². The quantitative estimate of drug-likeness (QED) is 0.642. The van der Waals surface area contributed by atoms with Crippen molar-refractivity contribution in [2.45, 2.75) is 6.54 Å². The zero-order valence-electron chi connectivity index (χ0n) is 10.9. The Morgan fingerprint density at radius 3 is 2.67 bits per heavy atom. The Morgan fingerprint density at radius 2 is 1.90 bits per heavy atom. The van der Waals surface area contributed by atoms with Crippen LogP contribution in [0.1, 0.15) is 5.82 Å². The summed E-state index contributed by atoms with van der Waals surface area (Å²) in [5, 5.41) is 24.6. The number of nitrogens with one attached hydrogen (secondary N) is 1. The van der Waals surface area contributed by atoms with Gasteiger partial charge in [-0.15, -0.1) is 11.3 Å². The normalized spacial score (nSPS) is 10.5. The maximum atomic E-state index is 9.51. The van der Waals surface area contributed by atoms with Crippen LogP contribution in [-0.4, -0.2) is 25.2 Å². The fraction of sp³-hybridized carbons (Fsp3) is 0.0714. The molecule has 0 saturated heterocycles. The van der Waals surface area contributed by atoms with Crippen molar-refractivity contribution in [3.63, 3.8) is 0 Å². The van der Waals surface area contributed by atoms with E-state index in [4.69, 9.17) is 0 Å². The predicted octanol–water partition coefficient (Wildman–Crippen LogP) is 2.62. The molecule has 0 radical (unpaired) electrons. The van der Waals surface area contributed by atoms with Crippen molar-refractivity contribution in [2.75, 3.05) is 5.32 Å². The highest BCUT2D eigenvalue weighted by atomic mass is 32.1. The first-order chi connectivity index (χ1) is 10.2. The number of aromatic hydroxyl groups is 2. The van der Waals surface area contributed by atoms with E-state index in [-0.39, 0.29) is 11.5 Å². The second-order valence-corrected chi connectivity index (χ2v) is 5.12. The van der Waals surface area contributed by atoms with Gasteiger partial charge < -0.3 is 15.5 Å². The first-order valence-electron chi connectivity index (χ1n) is 6.20. The Morgan fingerprint density at radius 1 is 1.10 bits per heavy atom. The number of benzene rings is 1. The monoisotopic (exact) mass is 300 g/mol. The van der Waals surface area contributed by atoms with Crippen molar-refractivity contribution in [1.82, 2.24) is 15.0 Å². The molecule has 0 amide bonds. The van der Waals surface area contributed by atoms with E-state index in [0.717, 1.165) is 16.4 Å². The summed E-state index contributed by atoms with van der Waals surface area (Å²) in [7, 11) is 0. The van der Waals surface area contributed by atoms with E-state index < -0.39 is 0 Å². The lowest BCUT2D eigenvalue weighted by atomic mass is 10.1. The molecule has 0 atom stereocenters. The summed E-state index contributed by atoms with van der Waals surface area (Å²) < 4.78 is 0. The number of phenolic OH excluding ortho intramolecular Hbond substituents is 2. The minimum Gasteiger partial charge on any atom is -0.504 e. The van der Waals surface area contributed by atoms with Crippen LogP contribution in [0.25, 0.3) is 11.3 Å². The molecule has 3 rings (SSSR count). The SMILES string of the molecule is Oc1ccc(-c2csc(NCc3ncccn3)n2)cc1O. The highest BCUT2D eigenvalue weighted by Crippen LogP contribution is 2.32. The minimum absolute atomic E-state index is 0.145. The van der Waals surface area contributed by atoms with Crippen molar-refractivity contribution in [3.8, 4) is 22.8 Å². The van der Waals surface area contributed by atoms with Gasteiger partial charge >= 0.3 is 0 Å². The molecule has 0 spiro atoms. The van der Waals surface area contributed by atoms with Crippen LogP contribution in [0.3, 0.4) is 0 Å². The minimum atomic E-state index is -0.160. The Labute approximate surface area is 124 Å². The molecule has 106 valence electrons. The summed E-state index contributed by atoms with van der Waals surface area (Å²) in [4.78, 5) is 12.7. The summed E-state index contributed by atoms with van der Waals surface area (Å²) in [6.07, 6.45) is 3.38. The van der Waals surface area contributed by atoms with E-state index >= 15 is 0 Å². The van der Waals surface area contributed by atoms with Crippen molar-refractivity contribution >= 4 is 16.5 Å². The van der Waals surface area contributed by atoms with Gasteiger partial charge in [0.25, 0.3) is 0 Å². The Hall–Kier alpha value is -2.67. The highest BCUT2D eigenvalue weighted by Gasteiger charge is 2.07. The second-order valence-electron chi connectivity index (χ2n) is 4.26. The fourth-order valence-corrected chi connectivity index (χ4v) is 2.46. The second kappa shape index (κ2) is 5.76. The smallest absolute Gasteiger partial charge is 0.183 e. The van der Waals surface area contributed by atoms with Crippen molar-refractivity contribution in [1.29, 1.82) is 0 Å². The lowest BCUT2D eigenvalue weighted by molar-refractivity contribution is 0.404. The van der Waals surface area contributed by atoms with Crippen LogP contribution in [-0.2, 0) is 6.54 Å². The van der Waals surface area contributed by atoms with Crippen LogP contribution >= 0.6 is 11.3 Å². The Bertz CT molecular complexity index is 746. The van der Waals surface area contributed by atoms with Gasteiger partial charge in [-0.3, -0.25) is 0 Å². The predicted molar refractivity (Wildman–Crippen MR) is 80.2 cm³/mol. The zero-order chi connectivity index (χ0) is 14.7. The molecular weight excluding hydrogens is 288 g/mol. The molecule has 2 aromatic heterocycles. The molecular formula is C14H12N4O2S. The van der Waals surface area contributed by atoms with Crippen molar-refractivity contribution < 1.29 is 10.2 Å². The topological polar surface area (TPSA) is 91.2 Å². The first-order valence-corrected chi connectivity index (χ1v) is 7.08. The molecule has 3 N–H and O–H groups in total. The van der Waals surface area contributed by atoms with E-state index in [2.05, 4.69) is 20.3 Å². The van der Waals surface area contributed by atoms with Crippen LogP contribution in [0, 0.1) is 0 Å². The number of aromatic nitrogens is 3. The van der Waals surface area contributed by atoms with Gasteiger partial charge in [0.15, 0.2) is 16.6 Å². The number of hydrogen-bond donors (Lipinski definition) is 3. The number of phenols is 2. The molecule has 1 aromatic carbocycles. The number of nitrogens with zero attached hydrogens (tertiary/aromatic N) is 3. The molecule has 21 heavy (non-hydrogen) atoms. The van der Waals surface area contributed by atoms with Gasteiger partial charge in [0.1, 0.15) is 5.82 Å². The molecule has 0 fully saturated rings. The van der Waals surface area contributed by atoms with E-state index in [9.17, 15) is 10.2 Å². The number of anilines is 1. The lowest BCUT2D eigenvalue weighted by Gasteiger charge is -2.01. The van der Waals surface area contributed by atoms with E-state index in [0.29, 0.717) is 12.4 Å². The lowest BCUT2D eigenvalue weighted by Crippen LogP contribution is -2.02. The zero-order valence-corrected chi connectivity index (χ0v) is 11.7. The molecule has 0 aliphatic rings. The average Bonchev–Trinajstić information content (AvgIpc) is 2.98. The van der Waals surface area contributed by atoms with E-state index in [1.54, 1.807) is 24.5 Å². The molecule has 0 unspecified atom stereocenters. The molecule has 3 aromatic rings. The summed E-state index contributed by atoms with van der Waals surface area (Å²) >= 11 is 1.45. The largest absolute Gasteiger partial charge is 0.504 e. The maximum Gasteiger partial charge on any atom is 0.183 e. The molecule has 7 heteroatoms. The average molecular weight is 300 g/mol.